The van der Waals surface area contributed by atoms with Crippen molar-refractivity contribution in [2.24, 2.45) is 5.92 Å². The summed E-state index contributed by atoms with van der Waals surface area (Å²) in [4.78, 5) is 24.4. The van der Waals surface area contributed by atoms with Gasteiger partial charge in [0.2, 0.25) is 5.95 Å². The van der Waals surface area contributed by atoms with Gasteiger partial charge in [-0.25, -0.2) is 4.98 Å². The molecular formula is C24H30Cl3N5O. The number of benzene rings is 1. The third kappa shape index (κ3) is 5.84. The molecular weight excluding hydrogens is 481 g/mol. The van der Waals surface area contributed by atoms with E-state index in [0.29, 0.717) is 23.5 Å². The van der Waals surface area contributed by atoms with E-state index < -0.39 is 0 Å². The maximum Gasteiger partial charge on any atom is 0.254 e. The first-order chi connectivity index (χ1) is 15.8. The molecule has 1 fully saturated rings. The van der Waals surface area contributed by atoms with Crippen LogP contribution in [0.3, 0.4) is 0 Å². The Morgan fingerprint density at radius 2 is 1.70 bits per heavy atom. The van der Waals surface area contributed by atoms with Crippen LogP contribution in [-0.2, 0) is 12.8 Å². The molecule has 0 spiro atoms. The zero-order chi connectivity index (χ0) is 23.5. The summed E-state index contributed by atoms with van der Waals surface area (Å²) in [6.07, 6.45) is 8.56. The number of nitrogens with zero attached hydrogens (tertiary/aromatic N) is 3. The van der Waals surface area contributed by atoms with Crippen LogP contribution in [0.4, 0.5) is 11.8 Å². The number of rotatable bonds is 6. The number of aryl methyl sites for hydroxylation is 1. The molecule has 2 aromatic rings. The van der Waals surface area contributed by atoms with E-state index in [4.69, 9.17) is 44.8 Å². The van der Waals surface area contributed by atoms with Crippen molar-refractivity contribution in [3.63, 3.8) is 0 Å². The van der Waals surface area contributed by atoms with Gasteiger partial charge in [0.05, 0.1) is 21.3 Å². The molecule has 1 saturated carbocycles. The van der Waals surface area contributed by atoms with E-state index in [9.17, 15) is 4.79 Å². The highest BCUT2D eigenvalue weighted by molar-refractivity contribution is 6.42. The van der Waals surface area contributed by atoms with E-state index in [-0.39, 0.29) is 21.5 Å². The highest BCUT2D eigenvalue weighted by Crippen LogP contribution is 2.31. The lowest BCUT2D eigenvalue weighted by molar-refractivity contribution is 0.0943. The number of anilines is 2. The topological polar surface area (TPSA) is 70.2 Å². The Hall–Kier alpha value is -1.76. The smallest absolute Gasteiger partial charge is 0.254 e. The van der Waals surface area contributed by atoms with Gasteiger partial charge in [-0.2, -0.15) is 4.98 Å². The molecule has 2 N–H and O–H groups in total. The number of hydrogen-bond acceptors (Lipinski definition) is 5. The van der Waals surface area contributed by atoms with E-state index in [1.54, 1.807) is 0 Å². The SMILES string of the molecule is CN(C)c1nc(N[C@H]2CC[C@@H](CNC(=O)c3c(Cl)cc(Cl)cc3Cl)CC2)nc2c1CCCC2. The largest absolute Gasteiger partial charge is 0.362 e. The van der Waals surface area contributed by atoms with Crippen molar-refractivity contribution in [2.75, 3.05) is 30.9 Å². The lowest BCUT2D eigenvalue weighted by atomic mass is 9.86. The molecule has 1 aromatic carbocycles. The third-order valence-electron chi connectivity index (χ3n) is 6.55. The van der Waals surface area contributed by atoms with Gasteiger partial charge < -0.3 is 15.5 Å². The molecule has 178 valence electrons. The van der Waals surface area contributed by atoms with Crippen LogP contribution in [-0.4, -0.2) is 42.6 Å². The second-order valence-electron chi connectivity index (χ2n) is 9.21. The number of fused-ring (bicyclic) bond motifs is 1. The van der Waals surface area contributed by atoms with Crippen LogP contribution in [0, 0.1) is 5.92 Å². The van der Waals surface area contributed by atoms with Crippen molar-refractivity contribution in [3.8, 4) is 0 Å². The number of halogens is 3. The fourth-order valence-corrected chi connectivity index (χ4v) is 5.78. The second kappa shape index (κ2) is 10.7. The lowest BCUT2D eigenvalue weighted by Gasteiger charge is -2.30. The Kier molecular flexibility index (Phi) is 7.87. The van der Waals surface area contributed by atoms with Crippen molar-refractivity contribution in [3.05, 3.63) is 44.0 Å². The summed E-state index contributed by atoms with van der Waals surface area (Å²) in [7, 11) is 4.09. The van der Waals surface area contributed by atoms with Gasteiger partial charge >= 0.3 is 0 Å². The number of aromatic nitrogens is 2. The highest BCUT2D eigenvalue weighted by Gasteiger charge is 2.25. The normalized spacial score (nSPS) is 20.2. The van der Waals surface area contributed by atoms with Crippen LogP contribution in [0.1, 0.15) is 60.1 Å². The summed E-state index contributed by atoms with van der Waals surface area (Å²) < 4.78 is 0. The molecule has 1 aromatic heterocycles. The van der Waals surface area contributed by atoms with E-state index in [0.717, 1.165) is 50.3 Å². The van der Waals surface area contributed by atoms with Crippen molar-refractivity contribution in [1.29, 1.82) is 0 Å². The molecule has 0 aliphatic heterocycles. The fraction of sp³-hybridized carbons (Fsp3) is 0.542. The molecule has 0 radical (unpaired) electrons. The van der Waals surface area contributed by atoms with Crippen LogP contribution in [0.2, 0.25) is 15.1 Å². The first-order valence-electron chi connectivity index (χ1n) is 11.6. The molecule has 0 saturated heterocycles. The number of hydrogen-bond donors (Lipinski definition) is 2. The standard InChI is InChI=1S/C24H30Cl3N5O/c1-32(2)22-17-5-3-4-6-20(17)30-24(31-22)29-16-9-7-14(8-10-16)13-28-23(33)21-18(26)11-15(25)12-19(21)27/h11-12,14,16H,3-10,13H2,1-2H3,(H,28,33)(H,29,30,31)/t14-,16+. The molecule has 2 aliphatic rings. The van der Waals surface area contributed by atoms with Crippen LogP contribution < -0.4 is 15.5 Å². The predicted molar refractivity (Wildman–Crippen MR) is 136 cm³/mol. The summed E-state index contributed by atoms with van der Waals surface area (Å²) in [6, 6.07) is 3.41. The quantitative estimate of drug-likeness (QED) is 0.515. The van der Waals surface area contributed by atoms with Crippen LogP contribution in [0.25, 0.3) is 0 Å². The Labute approximate surface area is 210 Å². The Balaban J connectivity index is 1.31. The van der Waals surface area contributed by atoms with Gasteiger partial charge in [-0.15, -0.1) is 0 Å². The molecule has 6 nitrogen and oxygen atoms in total. The lowest BCUT2D eigenvalue weighted by Crippen LogP contribution is -2.34. The predicted octanol–water partition coefficient (Wildman–Crippen LogP) is 5.78. The van der Waals surface area contributed by atoms with Gasteiger partial charge in [-0.05, 0) is 69.4 Å². The number of carbonyl (C=O) groups excluding carboxylic acids is 1. The van der Waals surface area contributed by atoms with Gasteiger partial charge in [0.25, 0.3) is 5.91 Å². The summed E-state index contributed by atoms with van der Waals surface area (Å²) in [6.45, 7) is 0.598. The molecule has 1 heterocycles. The average Bonchev–Trinajstić information content (AvgIpc) is 2.77. The van der Waals surface area contributed by atoms with Crippen molar-refractivity contribution >= 4 is 52.5 Å². The summed E-state index contributed by atoms with van der Waals surface area (Å²) in [5.41, 5.74) is 2.77. The molecule has 4 rings (SSSR count). The summed E-state index contributed by atoms with van der Waals surface area (Å²) in [5.74, 6) is 1.93. The highest BCUT2D eigenvalue weighted by atomic mass is 35.5. The minimum atomic E-state index is -0.263. The molecule has 0 bridgehead atoms. The van der Waals surface area contributed by atoms with E-state index in [1.165, 1.54) is 36.2 Å². The molecule has 1 amide bonds. The summed E-state index contributed by atoms with van der Waals surface area (Å²) in [5, 5.41) is 7.50. The van der Waals surface area contributed by atoms with E-state index in [2.05, 4.69) is 15.5 Å². The molecule has 0 atom stereocenters. The number of amides is 1. The third-order valence-corrected chi connectivity index (χ3v) is 7.36. The number of carbonyl (C=O) groups is 1. The maximum atomic E-state index is 12.6. The monoisotopic (exact) mass is 509 g/mol. The van der Waals surface area contributed by atoms with E-state index >= 15 is 0 Å². The Bertz CT molecular complexity index is 998. The van der Waals surface area contributed by atoms with Crippen molar-refractivity contribution in [1.82, 2.24) is 15.3 Å². The zero-order valence-corrected chi connectivity index (χ0v) is 21.3. The maximum absolute atomic E-state index is 12.6. The molecule has 0 unspecified atom stereocenters. The van der Waals surface area contributed by atoms with Gasteiger partial charge in [0.1, 0.15) is 5.82 Å². The van der Waals surface area contributed by atoms with Gasteiger partial charge in [0.15, 0.2) is 0 Å². The van der Waals surface area contributed by atoms with Crippen LogP contribution in [0.5, 0.6) is 0 Å². The Morgan fingerprint density at radius 1 is 1.03 bits per heavy atom. The van der Waals surface area contributed by atoms with Gasteiger partial charge in [0, 0.05) is 37.3 Å². The fourth-order valence-electron chi connectivity index (χ4n) is 4.79. The molecule has 9 heteroatoms. The van der Waals surface area contributed by atoms with Gasteiger partial charge in [-0.3, -0.25) is 4.79 Å². The van der Waals surface area contributed by atoms with Crippen LogP contribution >= 0.6 is 34.8 Å². The average molecular weight is 511 g/mol. The number of nitrogens with one attached hydrogen (secondary N) is 2. The Morgan fingerprint density at radius 3 is 2.36 bits per heavy atom. The minimum absolute atomic E-state index is 0.263. The first-order valence-corrected chi connectivity index (χ1v) is 12.7. The van der Waals surface area contributed by atoms with E-state index in [1.807, 2.05) is 14.1 Å². The van der Waals surface area contributed by atoms with Crippen molar-refractivity contribution < 1.29 is 4.79 Å². The summed E-state index contributed by atoms with van der Waals surface area (Å²) >= 11 is 18.3. The first kappa shape index (κ1) is 24.4. The van der Waals surface area contributed by atoms with Crippen molar-refractivity contribution in [2.45, 2.75) is 57.4 Å². The van der Waals surface area contributed by atoms with Crippen LogP contribution in [0.15, 0.2) is 12.1 Å². The molecule has 2 aliphatic carbocycles. The minimum Gasteiger partial charge on any atom is -0.362 e. The zero-order valence-electron chi connectivity index (χ0n) is 19.1. The van der Waals surface area contributed by atoms with Gasteiger partial charge in [-0.1, -0.05) is 34.8 Å². The molecule has 33 heavy (non-hydrogen) atoms. The second-order valence-corrected chi connectivity index (χ2v) is 10.5.